The first-order valence-corrected chi connectivity index (χ1v) is 7.37. The third kappa shape index (κ3) is 14.3. The summed E-state index contributed by atoms with van der Waals surface area (Å²) in [4.78, 5) is 16.7. The molecule has 8 heteroatoms. The average molecular weight is 260 g/mol. The van der Waals surface area contributed by atoms with Crippen molar-refractivity contribution in [2.24, 2.45) is 0 Å². The van der Waals surface area contributed by atoms with Gasteiger partial charge < -0.3 is 18.8 Å². The SMILES string of the molecule is O=[PH](O)OCCCCCCCO[PH](=O)O. The van der Waals surface area contributed by atoms with E-state index in [1.54, 1.807) is 0 Å². The molecule has 0 fully saturated rings. The highest BCUT2D eigenvalue weighted by atomic mass is 31.1. The number of hydrogen-bond donors (Lipinski definition) is 2. The van der Waals surface area contributed by atoms with Crippen LogP contribution in [0.5, 0.6) is 0 Å². The van der Waals surface area contributed by atoms with Gasteiger partial charge in [-0.25, -0.2) is 0 Å². The van der Waals surface area contributed by atoms with Crippen molar-refractivity contribution in [3.8, 4) is 0 Å². The Morgan fingerprint density at radius 3 is 1.40 bits per heavy atom. The van der Waals surface area contributed by atoms with Crippen LogP contribution < -0.4 is 0 Å². The normalized spacial score (nSPS) is 15.1. The fourth-order valence-corrected chi connectivity index (χ4v) is 1.69. The van der Waals surface area contributed by atoms with E-state index < -0.39 is 16.5 Å². The lowest BCUT2D eigenvalue weighted by Crippen LogP contribution is -1.89. The molecule has 0 radical (unpaired) electrons. The Hall–Kier alpha value is 0.300. The van der Waals surface area contributed by atoms with Crippen LogP contribution in [-0.4, -0.2) is 23.0 Å². The topological polar surface area (TPSA) is 93.1 Å². The molecule has 92 valence electrons. The summed E-state index contributed by atoms with van der Waals surface area (Å²) < 4.78 is 29.3. The van der Waals surface area contributed by atoms with Crippen molar-refractivity contribution >= 4 is 16.5 Å². The van der Waals surface area contributed by atoms with Crippen LogP contribution in [0.1, 0.15) is 32.1 Å². The minimum Gasteiger partial charge on any atom is -0.326 e. The summed E-state index contributed by atoms with van der Waals surface area (Å²) in [6.07, 6.45) is 4.32. The quantitative estimate of drug-likeness (QED) is 0.459. The van der Waals surface area contributed by atoms with E-state index in [4.69, 9.17) is 9.79 Å². The van der Waals surface area contributed by atoms with E-state index in [1.165, 1.54) is 0 Å². The molecule has 2 atom stereocenters. The zero-order valence-electron chi connectivity index (χ0n) is 8.48. The van der Waals surface area contributed by atoms with E-state index in [1.807, 2.05) is 0 Å². The molecule has 0 aliphatic rings. The van der Waals surface area contributed by atoms with Gasteiger partial charge in [0.2, 0.25) is 0 Å². The highest BCUT2D eigenvalue weighted by Gasteiger charge is 1.95. The van der Waals surface area contributed by atoms with Crippen LogP contribution >= 0.6 is 16.5 Å². The first-order valence-electron chi connectivity index (χ1n) is 4.84. The molecule has 0 rings (SSSR count). The molecule has 0 aromatic rings. The van der Waals surface area contributed by atoms with Gasteiger partial charge in [-0.3, -0.25) is 9.13 Å². The minimum absolute atomic E-state index is 0.315. The molecule has 0 aromatic heterocycles. The molecule has 15 heavy (non-hydrogen) atoms. The number of hydrogen-bond acceptors (Lipinski definition) is 4. The summed E-state index contributed by atoms with van der Waals surface area (Å²) in [6.45, 7) is 0.629. The lowest BCUT2D eigenvalue weighted by molar-refractivity contribution is 0.266. The van der Waals surface area contributed by atoms with Gasteiger partial charge in [0.25, 0.3) is 0 Å². The van der Waals surface area contributed by atoms with E-state index in [-0.39, 0.29) is 0 Å². The van der Waals surface area contributed by atoms with Gasteiger partial charge in [0.05, 0.1) is 13.2 Å². The lowest BCUT2D eigenvalue weighted by atomic mass is 10.2. The monoisotopic (exact) mass is 260 g/mol. The smallest absolute Gasteiger partial charge is 0.316 e. The maximum atomic E-state index is 10.1. The summed E-state index contributed by atoms with van der Waals surface area (Å²) in [5.74, 6) is 0. The molecule has 0 aliphatic carbocycles. The highest BCUT2D eigenvalue weighted by Crippen LogP contribution is 2.17. The van der Waals surface area contributed by atoms with Crippen LogP contribution in [0.25, 0.3) is 0 Å². The van der Waals surface area contributed by atoms with E-state index in [9.17, 15) is 9.13 Å². The van der Waals surface area contributed by atoms with E-state index in [0.29, 0.717) is 13.2 Å². The third-order valence-corrected chi connectivity index (χ3v) is 2.64. The molecule has 0 saturated heterocycles. The largest absolute Gasteiger partial charge is 0.326 e. The van der Waals surface area contributed by atoms with E-state index in [2.05, 4.69) is 9.05 Å². The van der Waals surface area contributed by atoms with Crippen LogP contribution in [-0.2, 0) is 18.2 Å². The van der Waals surface area contributed by atoms with Crippen molar-refractivity contribution in [1.82, 2.24) is 0 Å². The number of rotatable bonds is 10. The molecule has 0 aliphatic heterocycles. The molecule has 0 aromatic carbocycles. The molecular weight excluding hydrogens is 242 g/mol. The summed E-state index contributed by atoms with van der Waals surface area (Å²) in [7, 11) is -5.55. The summed E-state index contributed by atoms with van der Waals surface area (Å²) in [6, 6.07) is 0. The Balaban J connectivity index is 2.99. The number of unbranched alkanes of at least 4 members (excludes halogenated alkanes) is 4. The Morgan fingerprint density at radius 1 is 0.733 bits per heavy atom. The van der Waals surface area contributed by atoms with Gasteiger partial charge in [0, 0.05) is 0 Å². The van der Waals surface area contributed by atoms with Gasteiger partial charge in [-0.2, -0.15) is 0 Å². The summed E-state index contributed by atoms with van der Waals surface area (Å²) >= 11 is 0. The molecular formula is C7H18O6P2. The Bertz CT molecular complexity index is 178. The Kier molecular flexibility index (Phi) is 11.0. The van der Waals surface area contributed by atoms with Crippen molar-refractivity contribution in [3.63, 3.8) is 0 Å². The molecule has 2 N–H and O–H groups in total. The van der Waals surface area contributed by atoms with Gasteiger partial charge in [-0.05, 0) is 12.8 Å². The maximum Gasteiger partial charge on any atom is 0.316 e. The standard InChI is InChI=1S/C7H18O6P2/c8-14(9)12-6-4-2-1-3-5-7-13-15(10)11/h14-15H,1-7H2,(H,8,9)(H,10,11). The van der Waals surface area contributed by atoms with Gasteiger partial charge in [0.15, 0.2) is 0 Å². The highest BCUT2D eigenvalue weighted by molar-refractivity contribution is 7.32. The predicted octanol–water partition coefficient (Wildman–Crippen LogP) is 1.73. The second-order valence-electron chi connectivity index (χ2n) is 3.00. The second kappa shape index (κ2) is 10.8. The molecule has 0 saturated carbocycles. The van der Waals surface area contributed by atoms with Gasteiger partial charge in [-0.15, -0.1) is 0 Å². The lowest BCUT2D eigenvalue weighted by Gasteiger charge is -2.01. The van der Waals surface area contributed by atoms with Crippen LogP contribution in [0, 0.1) is 0 Å². The zero-order valence-corrected chi connectivity index (χ0v) is 10.5. The van der Waals surface area contributed by atoms with E-state index in [0.717, 1.165) is 32.1 Å². The van der Waals surface area contributed by atoms with Crippen molar-refractivity contribution in [2.45, 2.75) is 32.1 Å². The molecule has 6 nitrogen and oxygen atoms in total. The predicted molar refractivity (Wildman–Crippen MR) is 57.4 cm³/mol. The van der Waals surface area contributed by atoms with Crippen molar-refractivity contribution < 1.29 is 28.0 Å². The van der Waals surface area contributed by atoms with Gasteiger partial charge in [0.1, 0.15) is 0 Å². The molecule has 0 bridgehead atoms. The first-order chi connectivity index (χ1) is 7.13. The summed E-state index contributed by atoms with van der Waals surface area (Å²) in [5, 5.41) is 0. The van der Waals surface area contributed by atoms with Crippen molar-refractivity contribution in [2.75, 3.05) is 13.2 Å². The maximum absolute atomic E-state index is 10.1. The van der Waals surface area contributed by atoms with Gasteiger partial charge >= 0.3 is 16.5 Å². The van der Waals surface area contributed by atoms with Crippen LogP contribution in [0.3, 0.4) is 0 Å². The van der Waals surface area contributed by atoms with E-state index >= 15 is 0 Å². The fraction of sp³-hybridized carbons (Fsp3) is 1.00. The molecule has 0 heterocycles. The molecule has 0 amide bonds. The minimum atomic E-state index is -2.77. The van der Waals surface area contributed by atoms with Crippen LogP contribution in [0.15, 0.2) is 0 Å². The van der Waals surface area contributed by atoms with Crippen LogP contribution in [0.2, 0.25) is 0 Å². The zero-order chi connectivity index (χ0) is 11.5. The summed E-state index contributed by atoms with van der Waals surface area (Å²) in [5.41, 5.74) is 0. The fourth-order valence-electron chi connectivity index (χ4n) is 1.05. The van der Waals surface area contributed by atoms with Crippen molar-refractivity contribution in [3.05, 3.63) is 0 Å². The molecule has 0 spiro atoms. The second-order valence-corrected chi connectivity index (χ2v) is 4.64. The third-order valence-electron chi connectivity index (χ3n) is 1.74. The van der Waals surface area contributed by atoms with Gasteiger partial charge in [-0.1, -0.05) is 19.3 Å². The molecule has 2 unspecified atom stereocenters. The average Bonchev–Trinajstić information content (AvgIpc) is 2.14. The Morgan fingerprint density at radius 2 is 1.07 bits per heavy atom. The Labute approximate surface area is 90.5 Å². The van der Waals surface area contributed by atoms with Crippen LogP contribution in [0.4, 0.5) is 0 Å². The first kappa shape index (κ1) is 15.3. The van der Waals surface area contributed by atoms with Crippen molar-refractivity contribution in [1.29, 1.82) is 0 Å².